The SMILES string of the molecule is COc1c(C)cc(P(=O)(c2cc(C)c(OC)c(C)c2)c2cc(-c3c(P(=O)(c4cc(C)c(OC)c(C)c4)c4cc(C)c(OC)c(C)c4)cc(Oc4ccccc4)c4c3OC(C)(C)O4)c3c(c2Oc2ccccc2)OC(C)(C)O3)cc1C. The first kappa shape index (κ1) is 55.5. The van der Waals surface area contributed by atoms with E-state index in [2.05, 4.69) is 0 Å². The van der Waals surface area contributed by atoms with Crippen LogP contribution in [0, 0.1) is 55.4 Å². The fourth-order valence-corrected chi connectivity index (χ4v) is 17.8. The molecule has 2 aliphatic rings. The molecule has 414 valence electrons. The minimum absolute atomic E-state index is 0.159. The van der Waals surface area contributed by atoms with Crippen molar-refractivity contribution in [3.05, 3.63) is 166 Å². The molecule has 80 heavy (non-hydrogen) atoms. The second-order valence-electron chi connectivity index (χ2n) is 21.6. The summed E-state index contributed by atoms with van der Waals surface area (Å²) in [4.78, 5) is 0. The number of methoxy groups -OCH3 is 4. The van der Waals surface area contributed by atoms with Crippen molar-refractivity contribution in [2.75, 3.05) is 28.4 Å². The maximum absolute atomic E-state index is 18.1. The molecule has 0 bridgehead atoms. The standard InChI is InChI=1S/C66H68O12P2/c1-37-27-47(28-38(2)56(37)69-13)79(67,48-29-39(3)57(70-14)40(4)30-48)53-36-52(73-45-23-19-17-20-24-45)61-63(77-66(11,12)76-61)55(53)51-35-54(62(74-46-25-21-18-22-26-46)64-60(51)75-65(9,10)78-64)80(68,49-31-41(5)58(71-15)42(6)32-49)50-33-43(7)59(72-16)44(8)34-50/h17-36H,1-16H3. The highest BCUT2D eigenvalue weighted by Crippen LogP contribution is 2.63. The molecule has 8 aromatic rings. The lowest BCUT2D eigenvalue weighted by molar-refractivity contribution is -0.0448. The predicted octanol–water partition coefficient (Wildman–Crippen LogP) is 13.7. The molecule has 0 amide bonds. The average Bonchev–Trinajstić information content (AvgIpc) is 3.89. The van der Waals surface area contributed by atoms with Crippen molar-refractivity contribution in [3.8, 4) is 80.1 Å². The highest BCUT2D eigenvalue weighted by Gasteiger charge is 2.49. The van der Waals surface area contributed by atoms with E-state index in [1.807, 2.05) is 171 Å². The van der Waals surface area contributed by atoms with Crippen molar-refractivity contribution in [1.82, 2.24) is 0 Å². The lowest BCUT2D eigenvalue weighted by atomic mass is 10.0. The van der Waals surface area contributed by atoms with Crippen LogP contribution in [0.4, 0.5) is 0 Å². The van der Waals surface area contributed by atoms with E-state index in [4.69, 9.17) is 47.4 Å². The second-order valence-corrected chi connectivity index (χ2v) is 27.0. The molecule has 0 saturated carbocycles. The minimum Gasteiger partial charge on any atom is -0.496 e. The van der Waals surface area contributed by atoms with Gasteiger partial charge in [-0.2, -0.15) is 0 Å². The molecule has 0 fully saturated rings. The Morgan fingerprint density at radius 1 is 0.362 bits per heavy atom. The van der Waals surface area contributed by atoms with Crippen LogP contribution in [0.15, 0.2) is 121 Å². The van der Waals surface area contributed by atoms with Crippen molar-refractivity contribution in [2.45, 2.75) is 94.7 Å². The van der Waals surface area contributed by atoms with Gasteiger partial charge in [-0.25, -0.2) is 0 Å². The van der Waals surface area contributed by atoms with Gasteiger partial charge in [0.1, 0.15) is 34.5 Å². The van der Waals surface area contributed by atoms with Crippen molar-refractivity contribution in [2.24, 2.45) is 0 Å². The van der Waals surface area contributed by atoms with Gasteiger partial charge in [0, 0.05) is 65.3 Å². The average molecular weight is 1120 g/mol. The number of fused-ring (bicyclic) bond motifs is 2. The van der Waals surface area contributed by atoms with E-state index in [-0.39, 0.29) is 39.8 Å². The van der Waals surface area contributed by atoms with Gasteiger partial charge in [-0.05, 0) is 185 Å². The Morgan fingerprint density at radius 3 is 1.06 bits per heavy atom. The number of hydrogen-bond donors (Lipinski definition) is 0. The zero-order chi connectivity index (χ0) is 57.4. The summed E-state index contributed by atoms with van der Waals surface area (Å²) >= 11 is 0. The van der Waals surface area contributed by atoms with Crippen LogP contribution < -0.4 is 79.2 Å². The molecule has 0 atom stereocenters. The van der Waals surface area contributed by atoms with Gasteiger partial charge < -0.3 is 56.5 Å². The van der Waals surface area contributed by atoms with Crippen molar-refractivity contribution >= 4 is 46.1 Å². The van der Waals surface area contributed by atoms with Gasteiger partial charge in [0.05, 0.1) is 33.7 Å². The number of hydrogen-bond acceptors (Lipinski definition) is 12. The predicted molar refractivity (Wildman–Crippen MR) is 318 cm³/mol. The topological polar surface area (TPSA) is 126 Å². The molecule has 14 heteroatoms. The Morgan fingerprint density at radius 2 is 0.688 bits per heavy atom. The van der Waals surface area contributed by atoms with Gasteiger partial charge in [0.15, 0.2) is 37.3 Å². The lowest BCUT2D eigenvalue weighted by Gasteiger charge is -2.29. The monoisotopic (exact) mass is 1110 g/mol. The van der Waals surface area contributed by atoms with E-state index in [1.165, 1.54) is 0 Å². The number of benzene rings is 8. The summed E-state index contributed by atoms with van der Waals surface area (Å²) in [6.07, 6.45) is 0. The molecule has 2 aliphatic heterocycles. The normalized spacial score (nSPS) is 13.9. The Hall–Kier alpha value is -7.78. The first-order valence-corrected chi connectivity index (χ1v) is 29.9. The first-order chi connectivity index (χ1) is 38.0. The van der Waals surface area contributed by atoms with Gasteiger partial charge >= 0.3 is 0 Å². The van der Waals surface area contributed by atoms with Gasteiger partial charge in [0.25, 0.3) is 0 Å². The molecule has 0 saturated heterocycles. The summed E-state index contributed by atoms with van der Waals surface area (Å²) < 4.78 is 102. The van der Waals surface area contributed by atoms with E-state index < -0.39 is 25.9 Å². The fourth-order valence-electron chi connectivity index (χ4n) is 11.5. The van der Waals surface area contributed by atoms with Crippen LogP contribution in [0.5, 0.6) is 69.0 Å². The number of para-hydroxylation sites is 2. The highest BCUT2D eigenvalue weighted by atomic mass is 31.2. The van der Waals surface area contributed by atoms with Crippen LogP contribution in [0.1, 0.15) is 72.2 Å². The lowest BCUT2D eigenvalue weighted by Crippen LogP contribution is -2.31. The van der Waals surface area contributed by atoms with Crippen LogP contribution >= 0.6 is 14.3 Å². The molecule has 0 unspecified atom stereocenters. The quantitative estimate of drug-likeness (QED) is 0.0907. The molecule has 0 aromatic heterocycles. The number of rotatable bonds is 15. The molecule has 0 N–H and O–H groups in total. The van der Waals surface area contributed by atoms with Gasteiger partial charge in [-0.1, -0.05) is 36.4 Å². The van der Waals surface area contributed by atoms with Crippen LogP contribution in [-0.4, -0.2) is 40.0 Å². The number of aryl methyl sites for hydroxylation is 8. The van der Waals surface area contributed by atoms with E-state index in [1.54, 1.807) is 62.2 Å². The van der Waals surface area contributed by atoms with Crippen molar-refractivity contribution in [1.29, 1.82) is 0 Å². The summed E-state index contributed by atoms with van der Waals surface area (Å²) in [5.74, 6) is 2.25. The molecular formula is C66H68O12P2. The Balaban J connectivity index is 1.45. The summed E-state index contributed by atoms with van der Waals surface area (Å²) in [6.45, 7) is 22.7. The Bertz CT molecular complexity index is 3660. The molecule has 0 aliphatic carbocycles. The first-order valence-electron chi connectivity index (χ1n) is 26.5. The van der Waals surface area contributed by atoms with Crippen molar-refractivity contribution in [3.63, 3.8) is 0 Å². The maximum Gasteiger partial charge on any atom is 0.246 e. The van der Waals surface area contributed by atoms with Crippen LogP contribution in [0.2, 0.25) is 0 Å². The van der Waals surface area contributed by atoms with Crippen LogP contribution in [-0.2, 0) is 9.13 Å². The smallest absolute Gasteiger partial charge is 0.246 e. The van der Waals surface area contributed by atoms with Crippen LogP contribution in [0.3, 0.4) is 0 Å². The van der Waals surface area contributed by atoms with Crippen molar-refractivity contribution < 1.29 is 56.5 Å². The fraction of sp³-hybridized carbons (Fsp3) is 0.273. The minimum atomic E-state index is -4.24. The molecule has 0 spiro atoms. The van der Waals surface area contributed by atoms with Gasteiger partial charge in [-0.3, -0.25) is 0 Å². The summed E-state index contributed by atoms with van der Waals surface area (Å²) in [5.41, 5.74) is 6.85. The second kappa shape index (κ2) is 20.7. The summed E-state index contributed by atoms with van der Waals surface area (Å²) in [5, 5.41) is 2.55. The summed E-state index contributed by atoms with van der Waals surface area (Å²) in [7, 11) is -1.95. The van der Waals surface area contributed by atoms with E-state index in [0.717, 1.165) is 44.5 Å². The molecular weight excluding hydrogens is 1050 g/mol. The summed E-state index contributed by atoms with van der Waals surface area (Å²) in [6, 6.07) is 37.6. The number of ether oxygens (including phenoxy) is 10. The zero-order valence-electron chi connectivity index (χ0n) is 48.3. The Labute approximate surface area is 469 Å². The zero-order valence-corrected chi connectivity index (χ0v) is 50.1. The molecule has 2 heterocycles. The van der Waals surface area contributed by atoms with E-state index >= 15 is 9.13 Å². The van der Waals surface area contributed by atoms with Crippen LogP contribution in [0.25, 0.3) is 11.1 Å². The third-order valence-electron chi connectivity index (χ3n) is 14.7. The molecule has 12 nitrogen and oxygen atoms in total. The Kier molecular flexibility index (Phi) is 14.4. The highest BCUT2D eigenvalue weighted by molar-refractivity contribution is 7.86. The van der Waals surface area contributed by atoms with E-state index in [0.29, 0.717) is 72.1 Å². The third-order valence-corrected chi connectivity index (χ3v) is 20.7. The van der Waals surface area contributed by atoms with E-state index in [9.17, 15) is 0 Å². The maximum atomic E-state index is 18.1. The molecule has 8 aromatic carbocycles. The third kappa shape index (κ3) is 9.50. The van der Waals surface area contributed by atoms with Gasteiger partial charge in [-0.15, -0.1) is 0 Å². The largest absolute Gasteiger partial charge is 0.496 e. The molecule has 10 rings (SSSR count). The molecule has 0 radical (unpaired) electrons. The van der Waals surface area contributed by atoms with Gasteiger partial charge in [0.2, 0.25) is 23.1 Å².